The number of carbonyl (C=O) groups excluding carboxylic acids is 1. The molecule has 4 aromatic rings. The van der Waals surface area contributed by atoms with Crippen LogP contribution >= 0.6 is 0 Å². The summed E-state index contributed by atoms with van der Waals surface area (Å²) in [4.78, 5) is 18.7. The van der Waals surface area contributed by atoms with E-state index in [1.807, 2.05) is 36.2 Å². The zero-order valence-corrected chi connectivity index (χ0v) is 21.2. The molecule has 0 saturated heterocycles. The number of para-hydroxylation sites is 1. The molecular weight excluding hydrogens is 436 g/mol. The number of hydrogen-bond acceptors (Lipinski definition) is 3. The molecule has 0 bridgehead atoms. The van der Waals surface area contributed by atoms with Crippen LogP contribution in [0.3, 0.4) is 0 Å². The van der Waals surface area contributed by atoms with Crippen molar-refractivity contribution in [2.24, 2.45) is 0 Å². The lowest BCUT2D eigenvalue weighted by Gasteiger charge is -2.24. The molecule has 5 heteroatoms. The molecule has 0 aliphatic carbocycles. The lowest BCUT2D eigenvalue weighted by Crippen LogP contribution is -2.30. The van der Waals surface area contributed by atoms with Crippen molar-refractivity contribution in [3.05, 3.63) is 94.7 Å². The van der Waals surface area contributed by atoms with E-state index in [9.17, 15) is 4.79 Å². The van der Waals surface area contributed by atoms with Gasteiger partial charge in [0.15, 0.2) is 11.5 Å². The molecule has 1 atom stereocenters. The highest BCUT2D eigenvalue weighted by Crippen LogP contribution is 2.36. The van der Waals surface area contributed by atoms with Crippen molar-refractivity contribution in [1.82, 2.24) is 9.88 Å². The van der Waals surface area contributed by atoms with Gasteiger partial charge in [-0.3, -0.25) is 4.79 Å². The van der Waals surface area contributed by atoms with Crippen molar-refractivity contribution in [3.63, 3.8) is 0 Å². The number of benzene rings is 3. The zero-order chi connectivity index (χ0) is 24.9. The molecule has 0 aliphatic heterocycles. The molecule has 0 fully saturated rings. The Balaban J connectivity index is 1.55. The van der Waals surface area contributed by atoms with Crippen molar-refractivity contribution in [1.29, 1.82) is 0 Å². The van der Waals surface area contributed by atoms with Gasteiger partial charge in [-0.25, -0.2) is 0 Å². The van der Waals surface area contributed by atoms with Crippen LogP contribution in [0.4, 0.5) is 0 Å². The Bertz CT molecular complexity index is 1320. The number of nitrogens with one attached hydrogen (secondary N) is 1. The summed E-state index contributed by atoms with van der Waals surface area (Å²) in [6, 6.07) is 20.7. The Hall–Kier alpha value is -3.73. The number of amides is 1. The fourth-order valence-corrected chi connectivity index (χ4v) is 4.77. The molecule has 0 saturated carbocycles. The Kier molecular flexibility index (Phi) is 7.45. The first-order chi connectivity index (χ1) is 16.9. The molecular formula is C30H34N2O3. The number of carbonyl (C=O) groups is 1. The fraction of sp³-hybridized carbons (Fsp3) is 0.300. The second-order valence-electron chi connectivity index (χ2n) is 9.16. The van der Waals surface area contributed by atoms with E-state index < -0.39 is 0 Å². The third-order valence-electron chi connectivity index (χ3n) is 6.79. The van der Waals surface area contributed by atoms with Gasteiger partial charge in [-0.2, -0.15) is 0 Å². The minimum absolute atomic E-state index is 0.0252. The highest BCUT2D eigenvalue weighted by atomic mass is 16.5. The van der Waals surface area contributed by atoms with Crippen LogP contribution in [0.2, 0.25) is 0 Å². The van der Waals surface area contributed by atoms with E-state index in [1.54, 1.807) is 14.2 Å². The van der Waals surface area contributed by atoms with Crippen LogP contribution in [0.1, 0.15) is 40.2 Å². The van der Waals surface area contributed by atoms with E-state index in [-0.39, 0.29) is 11.8 Å². The number of hydrogen-bond donors (Lipinski definition) is 1. The van der Waals surface area contributed by atoms with Crippen molar-refractivity contribution in [2.45, 2.75) is 32.6 Å². The predicted molar refractivity (Wildman–Crippen MR) is 142 cm³/mol. The average molecular weight is 471 g/mol. The van der Waals surface area contributed by atoms with Gasteiger partial charge < -0.3 is 19.4 Å². The highest BCUT2D eigenvalue weighted by molar-refractivity contribution is 5.86. The molecule has 35 heavy (non-hydrogen) atoms. The number of nitrogens with zero attached hydrogens (tertiary/aromatic N) is 1. The van der Waals surface area contributed by atoms with E-state index in [4.69, 9.17) is 9.47 Å². The summed E-state index contributed by atoms with van der Waals surface area (Å²) in [6.07, 6.45) is 3.21. The van der Waals surface area contributed by atoms with Crippen molar-refractivity contribution in [2.75, 3.05) is 27.8 Å². The minimum Gasteiger partial charge on any atom is -0.493 e. The van der Waals surface area contributed by atoms with Crippen LogP contribution < -0.4 is 9.47 Å². The number of rotatable bonds is 9. The van der Waals surface area contributed by atoms with E-state index in [1.165, 1.54) is 22.1 Å². The van der Waals surface area contributed by atoms with Gasteiger partial charge in [-0.15, -0.1) is 0 Å². The van der Waals surface area contributed by atoms with E-state index in [0.717, 1.165) is 23.1 Å². The molecule has 182 valence electrons. The topological polar surface area (TPSA) is 54.6 Å². The van der Waals surface area contributed by atoms with Crippen LogP contribution in [-0.4, -0.2) is 43.6 Å². The molecule has 1 aromatic heterocycles. The summed E-state index contributed by atoms with van der Waals surface area (Å²) in [5.41, 5.74) is 6.98. The highest BCUT2D eigenvalue weighted by Gasteiger charge is 2.24. The Labute approximate surface area is 207 Å². The molecule has 1 N–H and O–H groups in total. The fourth-order valence-electron chi connectivity index (χ4n) is 4.77. The molecule has 1 amide bonds. The molecule has 0 spiro atoms. The SMILES string of the molecule is COc1ccc(CCN(C)C(=O)CC(c2ccc(C)cc2C)c2c[nH]c3ccccc23)cc1OC. The quantitative estimate of drug-likeness (QED) is 0.325. The monoisotopic (exact) mass is 470 g/mol. The summed E-state index contributed by atoms with van der Waals surface area (Å²) in [5.74, 6) is 1.51. The Morgan fingerprint density at radius 1 is 0.943 bits per heavy atom. The third-order valence-corrected chi connectivity index (χ3v) is 6.79. The van der Waals surface area contributed by atoms with Crippen LogP contribution in [0, 0.1) is 13.8 Å². The summed E-state index contributed by atoms with van der Waals surface area (Å²) in [6.45, 7) is 4.86. The Morgan fingerprint density at radius 2 is 1.71 bits per heavy atom. The largest absolute Gasteiger partial charge is 0.493 e. The molecule has 4 rings (SSSR count). The van der Waals surface area contributed by atoms with Gasteiger partial charge in [0.05, 0.1) is 14.2 Å². The van der Waals surface area contributed by atoms with E-state index in [0.29, 0.717) is 24.5 Å². The van der Waals surface area contributed by atoms with Crippen molar-refractivity contribution < 1.29 is 14.3 Å². The smallest absolute Gasteiger partial charge is 0.223 e. The maximum atomic E-state index is 13.5. The van der Waals surface area contributed by atoms with Gasteiger partial charge in [-0.05, 0) is 60.7 Å². The van der Waals surface area contributed by atoms with Gasteiger partial charge >= 0.3 is 0 Å². The maximum absolute atomic E-state index is 13.5. The Morgan fingerprint density at radius 3 is 2.46 bits per heavy atom. The molecule has 5 nitrogen and oxygen atoms in total. The van der Waals surface area contributed by atoms with Crippen LogP contribution in [-0.2, 0) is 11.2 Å². The van der Waals surface area contributed by atoms with E-state index in [2.05, 4.69) is 61.4 Å². The number of aromatic amines is 1. The first-order valence-corrected chi connectivity index (χ1v) is 12.0. The minimum atomic E-state index is -0.0252. The number of fused-ring (bicyclic) bond motifs is 1. The lowest BCUT2D eigenvalue weighted by molar-refractivity contribution is -0.130. The molecule has 0 radical (unpaired) electrons. The third kappa shape index (κ3) is 5.35. The molecule has 3 aromatic carbocycles. The van der Waals surface area contributed by atoms with Crippen LogP contribution in [0.15, 0.2) is 66.9 Å². The van der Waals surface area contributed by atoms with Crippen LogP contribution in [0.5, 0.6) is 11.5 Å². The number of methoxy groups -OCH3 is 2. The summed E-state index contributed by atoms with van der Waals surface area (Å²) >= 11 is 0. The number of ether oxygens (including phenoxy) is 2. The van der Waals surface area contributed by atoms with Crippen molar-refractivity contribution >= 4 is 16.8 Å². The molecule has 0 aliphatic rings. The van der Waals surface area contributed by atoms with Gasteiger partial charge in [0.1, 0.15) is 0 Å². The number of aryl methyl sites for hydroxylation is 2. The van der Waals surface area contributed by atoms with Crippen molar-refractivity contribution in [3.8, 4) is 11.5 Å². The lowest BCUT2D eigenvalue weighted by atomic mass is 9.85. The summed E-state index contributed by atoms with van der Waals surface area (Å²) in [5, 5.41) is 1.17. The number of likely N-dealkylation sites (N-methyl/N-ethyl adjacent to an activating group) is 1. The predicted octanol–water partition coefficient (Wildman–Crippen LogP) is 6.03. The average Bonchev–Trinajstić information content (AvgIpc) is 3.29. The van der Waals surface area contributed by atoms with Gasteiger partial charge in [0.2, 0.25) is 5.91 Å². The van der Waals surface area contributed by atoms with Crippen LogP contribution in [0.25, 0.3) is 10.9 Å². The standard InChI is InChI=1S/C30H34N2O3/c1-20-10-12-23(21(2)16-20)25(26-19-31-27-9-7-6-8-24(26)27)18-30(33)32(3)15-14-22-11-13-28(34-4)29(17-22)35-5/h6-13,16-17,19,25,31H,14-15,18H2,1-5H3. The van der Waals surface area contributed by atoms with Gasteiger partial charge in [0, 0.05) is 43.0 Å². The second kappa shape index (κ2) is 10.7. The number of aromatic nitrogens is 1. The maximum Gasteiger partial charge on any atom is 0.223 e. The summed E-state index contributed by atoms with van der Waals surface area (Å²) < 4.78 is 10.8. The van der Waals surface area contributed by atoms with Gasteiger partial charge in [-0.1, -0.05) is 48.0 Å². The first kappa shape index (κ1) is 24.4. The second-order valence-corrected chi connectivity index (χ2v) is 9.16. The molecule has 1 unspecified atom stereocenters. The van der Waals surface area contributed by atoms with Gasteiger partial charge in [0.25, 0.3) is 0 Å². The molecule has 1 heterocycles. The number of H-pyrrole nitrogens is 1. The summed E-state index contributed by atoms with van der Waals surface area (Å²) in [7, 11) is 5.15. The zero-order valence-electron chi connectivity index (χ0n) is 21.2. The first-order valence-electron chi connectivity index (χ1n) is 12.0. The van der Waals surface area contributed by atoms with E-state index >= 15 is 0 Å². The normalized spacial score (nSPS) is 11.9.